The average Bonchev–Trinajstić information content (AvgIpc) is 3.10. The highest BCUT2D eigenvalue weighted by Gasteiger charge is 2.15. The summed E-state index contributed by atoms with van der Waals surface area (Å²) in [5.74, 6) is 1.13. The van der Waals surface area contributed by atoms with Gasteiger partial charge in [-0.05, 0) is 26.3 Å². The molecule has 0 unspecified atom stereocenters. The van der Waals surface area contributed by atoms with Gasteiger partial charge in [0.15, 0.2) is 11.0 Å². The molecule has 140 valence electrons. The van der Waals surface area contributed by atoms with Crippen molar-refractivity contribution in [3.8, 4) is 11.4 Å². The molecule has 3 rings (SSSR count). The van der Waals surface area contributed by atoms with Crippen molar-refractivity contribution in [3.05, 3.63) is 65.7 Å². The number of benzene rings is 2. The number of aromatic nitrogens is 3. The number of thioether (sulfide) groups is 1. The third-order valence-electron chi connectivity index (χ3n) is 4.35. The van der Waals surface area contributed by atoms with Crippen molar-refractivity contribution in [1.29, 1.82) is 0 Å². The molecule has 27 heavy (non-hydrogen) atoms. The van der Waals surface area contributed by atoms with Gasteiger partial charge in [0.2, 0.25) is 5.91 Å². The second kappa shape index (κ2) is 8.86. The minimum atomic E-state index is -0.0218. The van der Waals surface area contributed by atoms with Gasteiger partial charge in [-0.25, -0.2) is 0 Å². The van der Waals surface area contributed by atoms with Crippen LogP contribution in [-0.4, -0.2) is 26.4 Å². The van der Waals surface area contributed by atoms with E-state index in [0.29, 0.717) is 5.75 Å². The van der Waals surface area contributed by atoms with E-state index in [2.05, 4.69) is 41.5 Å². The molecule has 0 aliphatic carbocycles. The Bertz CT molecular complexity index is 890. The van der Waals surface area contributed by atoms with E-state index in [4.69, 9.17) is 0 Å². The molecule has 0 saturated heterocycles. The first-order chi connectivity index (χ1) is 13.1. The number of carbonyl (C=O) groups is 1. The monoisotopic (exact) mass is 380 g/mol. The largest absolute Gasteiger partial charge is 0.349 e. The van der Waals surface area contributed by atoms with Crippen molar-refractivity contribution in [2.45, 2.75) is 38.5 Å². The molecule has 5 nitrogen and oxygen atoms in total. The van der Waals surface area contributed by atoms with Crippen LogP contribution in [0.1, 0.15) is 31.0 Å². The fourth-order valence-corrected chi connectivity index (χ4v) is 3.65. The highest BCUT2D eigenvalue weighted by atomic mass is 32.2. The Hall–Kier alpha value is -2.60. The lowest BCUT2D eigenvalue weighted by atomic mass is 10.1. The number of nitrogens with one attached hydrogen (secondary N) is 1. The molecule has 2 aromatic carbocycles. The van der Waals surface area contributed by atoms with E-state index in [9.17, 15) is 4.79 Å². The average molecular weight is 381 g/mol. The van der Waals surface area contributed by atoms with E-state index in [0.717, 1.165) is 28.7 Å². The van der Waals surface area contributed by atoms with Crippen molar-refractivity contribution < 1.29 is 4.79 Å². The third kappa shape index (κ3) is 4.77. The van der Waals surface area contributed by atoms with Crippen LogP contribution in [0.5, 0.6) is 0 Å². The Morgan fingerprint density at radius 3 is 2.48 bits per heavy atom. The van der Waals surface area contributed by atoms with Gasteiger partial charge in [0.05, 0.1) is 11.8 Å². The highest BCUT2D eigenvalue weighted by molar-refractivity contribution is 7.99. The molecule has 0 saturated carbocycles. The van der Waals surface area contributed by atoms with E-state index < -0.39 is 0 Å². The Morgan fingerprint density at radius 1 is 1.11 bits per heavy atom. The molecule has 3 aromatic rings. The SMILES string of the molecule is CCn1c(SCC(=O)N[C@H](C)c2ccccc2)nnc1-c1ccc(C)cc1. The minimum absolute atomic E-state index is 0.0149. The van der Waals surface area contributed by atoms with Crippen LogP contribution in [0.25, 0.3) is 11.4 Å². The topological polar surface area (TPSA) is 59.8 Å². The number of carbonyl (C=O) groups excluding carboxylic acids is 1. The Labute approximate surface area is 164 Å². The molecule has 0 fully saturated rings. The van der Waals surface area contributed by atoms with Crippen LogP contribution in [0.2, 0.25) is 0 Å². The molecule has 1 heterocycles. The Kier molecular flexibility index (Phi) is 6.29. The maximum Gasteiger partial charge on any atom is 0.230 e. The van der Waals surface area contributed by atoms with Crippen molar-refractivity contribution in [2.75, 3.05) is 5.75 Å². The van der Waals surface area contributed by atoms with Gasteiger partial charge in [0.25, 0.3) is 0 Å². The zero-order chi connectivity index (χ0) is 19.2. The van der Waals surface area contributed by atoms with Gasteiger partial charge in [0, 0.05) is 12.1 Å². The number of amides is 1. The summed E-state index contributed by atoms with van der Waals surface area (Å²) in [6, 6.07) is 18.2. The standard InChI is InChI=1S/C21H24N4OS/c1-4-25-20(18-12-10-15(2)11-13-18)23-24-21(25)27-14-19(26)22-16(3)17-8-6-5-7-9-17/h5-13,16H,4,14H2,1-3H3,(H,22,26)/t16-/m1/s1. The molecule has 0 aliphatic heterocycles. The van der Waals surface area contributed by atoms with Crippen LogP contribution in [0.4, 0.5) is 0 Å². The quantitative estimate of drug-likeness (QED) is 0.623. The van der Waals surface area contributed by atoms with Crippen LogP contribution < -0.4 is 5.32 Å². The second-order valence-electron chi connectivity index (χ2n) is 6.41. The smallest absolute Gasteiger partial charge is 0.230 e. The summed E-state index contributed by atoms with van der Waals surface area (Å²) in [4.78, 5) is 12.3. The number of rotatable bonds is 7. The maximum atomic E-state index is 12.3. The summed E-state index contributed by atoms with van der Waals surface area (Å²) in [6.45, 7) is 6.86. The van der Waals surface area contributed by atoms with Gasteiger partial charge in [-0.2, -0.15) is 0 Å². The molecule has 1 atom stereocenters. The lowest BCUT2D eigenvalue weighted by molar-refractivity contribution is -0.119. The van der Waals surface area contributed by atoms with Crippen LogP contribution in [0.3, 0.4) is 0 Å². The molecule has 1 aromatic heterocycles. The van der Waals surface area contributed by atoms with E-state index in [1.54, 1.807) is 0 Å². The molecule has 0 radical (unpaired) electrons. The highest BCUT2D eigenvalue weighted by Crippen LogP contribution is 2.24. The van der Waals surface area contributed by atoms with Crippen molar-refractivity contribution in [1.82, 2.24) is 20.1 Å². The molecule has 1 amide bonds. The Balaban J connectivity index is 1.64. The Morgan fingerprint density at radius 2 is 1.81 bits per heavy atom. The van der Waals surface area contributed by atoms with Gasteiger partial charge in [-0.1, -0.05) is 71.9 Å². The maximum absolute atomic E-state index is 12.3. The fourth-order valence-electron chi connectivity index (χ4n) is 2.84. The summed E-state index contributed by atoms with van der Waals surface area (Å²) < 4.78 is 2.04. The van der Waals surface area contributed by atoms with E-state index in [-0.39, 0.29) is 11.9 Å². The lowest BCUT2D eigenvalue weighted by Gasteiger charge is -2.14. The number of hydrogen-bond donors (Lipinski definition) is 1. The normalized spacial score (nSPS) is 12.0. The molecule has 1 N–H and O–H groups in total. The summed E-state index contributed by atoms with van der Waals surface area (Å²) in [6.07, 6.45) is 0. The lowest BCUT2D eigenvalue weighted by Crippen LogP contribution is -2.28. The summed E-state index contributed by atoms with van der Waals surface area (Å²) in [5.41, 5.74) is 3.33. The van der Waals surface area contributed by atoms with Crippen molar-refractivity contribution >= 4 is 17.7 Å². The van der Waals surface area contributed by atoms with E-state index >= 15 is 0 Å². The predicted octanol–water partition coefficient (Wildman–Crippen LogP) is 4.24. The first-order valence-electron chi connectivity index (χ1n) is 9.05. The van der Waals surface area contributed by atoms with Crippen LogP contribution in [0, 0.1) is 6.92 Å². The molecule has 0 spiro atoms. The zero-order valence-corrected chi connectivity index (χ0v) is 16.7. The predicted molar refractivity (Wildman–Crippen MR) is 110 cm³/mol. The van der Waals surface area contributed by atoms with Gasteiger partial charge < -0.3 is 9.88 Å². The van der Waals surface area contributed by atoms with Crippen LogP contribution in [0.15, 0.2) is 59.8 Å². The molecular formula is C21H24N4OS. The van der Waals surface area contributed by atoms with Gasteiger partial charge in [-0.15, -0.1) is 10.2 Å². The number of aryl methyl sites for hydroxylation is 1. The van der Waals surface area contributed by atoms with Crippen molar-refractivity contribution in [3.63, 3.8) is 0 Å². The third-order valence-corrected chi connectivity index (χ3v) is 5.32. The minimum Gasteiger partial charge on any atom is -0.349 e. The molecule has 0 bridgehead atoms. The van der Waals surface area contributed by atoms with E-state index in [1.807, 2.05) is 54.0 Å². The first kappa shape index (κ1) is 19.2. The van der Waals surface area contributed by atoms with Gasteiger partial charge >= 0.3 is 0 Å². The van der Waals surface area contributed by atoms with E-state index in [1.165, 1.54) is 17.3 Å². The van der Waals surface area contributed by atoms with Gasteiger partial charge in [0.1, 0.15) is 0 Å². The number of hydrogen-bond acceptors (Lipinski definition) is 4. The summed E-state index contributed by atoms with van der Waals surface area (Å²) in [5, 5.41) is 12.4. The summed E-state index contributed by atoms with van der Waals surface area (Å²) in [7, 11) is 0. The number of nitrogens with zero attached hydrogens (tertiary/aromatic N) is 3. The molecular weight excluding hydrogens is 356 g/mol. The van der Waals surface area contributed by atoms with Crippen molar-refractivity contribution in [2.24, 2.45) is 0 Å². The fraction of sp³-hybridized carbons (Fsp3) is 0.286. The first-order valence-corrected chi connectivity index (χ1v) is 10.0. The van der Waals surface area contributed by atoms with Gasteiger partial charge in [-0.3, -0.25) is 4.79 Å². The van der Waals surface area contributed by atoms with Crippen LogP contribution in [-0.2, 0) is 11.3 Å². The van der Waals surface area contributed by atoms with Crippen LogP contribution >= 0.6 is 11.8 Å². The molecule has 0 aliphatic rings. The zero-order valence-electron chi connectivity index (χ0n) is 15.8. The molecule has 6 heteroatoms. The summed E-state index contributed by atoms with van der Waals surface area (Å²) >= 11 is 1.41. The second-order valence-corrected chi connectivity index (χ2v) is 7.35.